The summed E-state index contributed by atoms with van der Waals surface area (Å²) in [5.41, 5.74) is 1.65. The van der Waals surface area contributed by atoms with Crippen molar-refractivity contribution in [1.82, 2.24) is 15.6 Å². The molecule has 7 nitrogen and oxygen atoms in total. The number of hydrogen-bond acceptors (Lipinski definition) is 4. The van der Waals surface area contributed by atoms with Crippen molar-refractivity contribution in [3.05, 3.63) is 46.1 Å². The van der Waals surface area contributed by atoms with Gasteiger partial charge in [-0.2, -0.15) is 0 Å². The molecule has 1 amide bonds. The van der Waals surface area contributed by atoms with Crippen molar-refractivity contribution < 1.29 is 9.21 Å². The highest BCUT2D eigenvalue weighted by atomic mass is 79.9. The predicted molar refractivity (Wildman–Crippen MR) is 102 cm³/mol. The molecule has 8 heteroatoms. The van der Waals surface area contributed by atoms with Gasteiger partial charge in [0.2, 0.25) is 11.8 Å². The number of benzene rings is 1. The van der Waals surface area contributed by atoms with Gasteiger partial charge in [-0.3, -0.25) is 9.79 Å². The lowest BCUT2D eigenvalue weighted by Gasteiger charge is -2.10. The lowest BCUT2D eigenvalue weighted by molar-refractivity contribution is -0.116. The molecule has 1 heterocycles. The molecule has 0 aliphatic carbocycles. The van der Waals surface area contributed by atoms with Gasteiger partial charge in [-0.05, 0) is 38.1 Å². The number of oxazole rings is 1. The van der Waals surface area contributed by atoms with Crippen molar-refractivity contribution in [2.24, 2.45) is 4.99 Å². The second kappa shape index (κ2) is 9.22. The number of nitrogens with zero attached hydrogens (tertiary/aromatic N) is 2. The van der Waals surface area contributed by atoms with Gasteiger partial charge in [0.05, 0.1) is 12.2 Å². The number of hydrogen-bond donors (Lipinski definition) is 3. The second-order valence-corrected chi connectivity index (χ2v) is 6.32. The average molecular weight is 408 g/mol. The summed E-state index contributed by atoms with van der Waals surface area (Å²) in [5, 5.41) is 9.03. The Morgan fingerprint density at radius 3 is 2.56 bits per heavy atom. The number of rotatable bonds is 6. The van der Waals surface area contributed by atoms with Crippen LogP contribution in [0, 0.1) is 13.8 Å². The van der Waals surface area contributed by atoms with E-state index in [1.807, 2.05) is 38.1 Å². The van der Waals surface area contributed by atoms with Crippen LogP contribution >= 0.6 is 15.9 Å². The number of amides is 1. The van der Waals surface area contributed by atoms with Gasteiger partial charge in [0.25, 0.3) is 0 Å². The highest BCUT2D eigenvalue weighted by molar-refractivity contribution is 9.10. The number of halogens is 1. The second-order valence-electron chi connectivity index (χ2n) is 5.41. The van der Waals surface area contributed by atoms with E-state index >= 15 is 0 Å². The van der Waals surface area contributed by atoms with Crippen molar-refractivity contribution >= 4 is 33.5 Å². The molecule has 0 aliphatic heterocycles. The van der Waals surface area contributed by atoms with E-state index in [1.165, 1.54) is 0 Å². The molecule has 0 radical (unpaired) electrons. The minimum Gasteiger partial charge on any atom is -0.444 e. The topological polar surface area (TPSA) is 91.5 Å². The molecule has 1 aromatic heterocycles. The fourth-order valence-electron chi connectivity index (χ4n) is 2.05. The maximum atomic E-state index is 11.9. The number of aromatic nitrogens is 1. The van der Waals surface area contributed by atoms with E-state index in [1.54, 1.807) is 7.05 Å². The average Bonchev–Trinajstić information content (AvgIpc) is 2.91. The zero-order valence-electron chi connectivity index (χ0n) is 14.5. The van der Waals surface area contributed by atoms with Crippen LogP contribution in [0.15, 0.2) is 38.1 Å². The summed E-state index contributed by atoms with van der Waals surface area (Å²) in [6, 6.07) is 7.45. The van der Waals surface area contributed by atoms with Crippen LogP contribution in [0.25, 0.3) is 0 Å². The molecule has 0 atom stereocenters. The number of anilines is 1. The number of nitrogens with one attached hydrogen (secondary N) is 3. The Morgan fingerprint density at radius 2 is 1.96 bits per heavy atom. The van der Waals surface area contributed by atoms with Gasteiger partial charge in [-0.15, -0.1) is 0 Å². The Labute approximate surface area is 155 Å². The Kier molecular flexibility index (Phi) is 7.00. The summed E-state index contributed by atoms with van der Waals surface area (Å²) in [5.74, 6) is 1.93. The Bertz CT molecular complexity index is 720. The van der Waals surface area contributed by atoms with Crippen LogP contribution in [-0.2, 0) is 11.3 Å². The molecule has 1 aromatic carbocycles. The highest BCUT2D eigenvalue weighted by Crippen LogP contribution is 2.14. The van der Waals surface area contributed by atoms with E-state index in [2.05, 4.69) is 41.9 Å². The first-order chi connectivity index (χ1) is 12.0. The molecule has 25 heavy (non-hydrogen) atoms. The van der Waals surface area contributed by atoms with Crippen LogP contribution in [0.3, 0.4) is 0 Å². The molecule has 0 saturated heterocycles. The lowest BCUT2D eigenvalue weighted by Crippen LogP contribution is -2.38. The van der Waals surface area contributed by atoms with Crippen molar-refractivity contribution in [2.45, 2.75) is 26.8 Å². The van der Waals surface area contributed by atoms with E-state index in [4.69, 9.17) is 4.42 Å². The third-order valence-corrected chi connectivity index (χ3v) is 4.00. The molecule has 134 valence electrons. The minimum absolute atomic E-state index is 0.0655. The summed E-state index contributed by atoms with van der Waals surface area (Å²) >= 11 is 3.36. The first kappa shape index (κ1) is 19.0. The number of aliphatic imine (C=N–C) groups is 1. The predicted octanol–water partition coefficient (Wildman–Crippen LogP) is 2.75. The van der Waals surface area contributed by atoms with Crippen LogP contribution in [0.4, 0.5) is 5.69 Å². The molecular weight excluding hydrogens is 386 g/mol. The smallest absolute Gasteiger partial charge is 0.226 e. The summed E-state index contributed by atoms with van der Waals surface area (Å²) in [7, 11) is 1.67. The zero-order chi connectivity index (χ0) is 18.2. The van der Waals surface area contributed by atoms with Crippen LogP contribution < -0.4 is 16.0 Å². The van der Waals surface area contributed by atoms with Crippen molar-refractivity contribution in [3.63, 3.8) is 0 Å². The van der Waals surface area contributed by atoms with Gasteiger partial charge in [0.1, 0.15) is 5.76 Å². The largest absolute Gasteiger partial charge is 0.444 e. The maximum Gasteiger partial charge on any atom is 0.226 e. The number of aryl methyl sites for hydroxylation is 2. The Morgan fingerprint density at radius 1 is 1.24 bits per heavy atom. The normalized spacial score (nSPS) is 11.3. The first-order valence-electron chi connectivity index (χ1n) is 7.90. The van der Waals surface area contributed by atoms with Gasteiger partial charge in [0.15, 0.2) is 5.96 Å². The van der Waals surface area contributed by atoms with Gasteiger partial charge < -0.3 is 20.4 Å². The third-order valence-electron chi connectivity index (χ3n) is 3.48. The van der Waals surface area contributed by atoms with Gasteiger partial charge in [-0.1, -0.05) is 15.9 Å². The summed E-state index contributed by atoms with van der Waals surface area (Å²) in [6.07, 6.45) is 0.327. The molecule has 0 unspecified atom stereocenters. The highest BCUT2D eigenvalue weighted by Gasteiger charge is 2.07. The van der Waals surface area contributed by atoms with Crippen LogP contribution in [-0.4, -0.2) is 30.4 Å². The quantitative estimate of drug-likeness (QED) is 0.505. The van der Waals surface area contributed by atoms with E-state index in [9.17, 15) is 4.79 Å². The summed E-state index contributed by atoms with van der Waals surface area (Å²) in [4.78, 5) is 20.3. The molecule has 0 aliphatic rings. The molecule has 0 spiro atoms. The van der Waals surface area contributed by atoms with Crippen molar-refractivity contribution in [2.75, 3.05) is 18.9 Å². The number of carbonyl (C=O) groups is 1. The minimum atomic E-state index is -0.0655. The first-order valence-corrected chi connectivity index (χ1v) is 8.70. The molecule has 0 bridgehead atoms. The number of guanidine groups is 1. The molecule has 2 rings (SSSR count). The van der Waals surface area contributed by atoms with Gasteiger partial charge >= 0.3 is 0 Å². The van der Waals surface area contributed by atoms with Crippen LogP contribution in [0.2, 0.25) is 0 Å². The molecular formula is C17H22BrN5O2. The monoisotopic (exact) mass is 407 g/mol. The van der Waals surface area contributed by atoms with Crippen LogP contribution in [0.1, 0.15) is 23.8 Å². The lowest BCUT2D eigenvalue weighted by atomic mass is 10.3. The number of carbonyl (C=O) groups excluding carboxylic acids is 1. The maximum absolute atomic E-state index is 11.9. The Balaban J connectivity index is 1.71. The van der Waals surface area contributed by atoms with E-state index in [0.717, 1.165) is 21.6 Å². The molecule has 3 N–H and O–H groups in total. The van der Waals surface area contributed by atoms with E-state index in [0.29, 0.717) is 31.4 Å². The summed E-state index contributed by atoms with van der Waals surface area (Å²) < 4.78 is 6.47. The Hall–Kier alpha value is -2.35. The van der Waals surface area contributed by atoms with Crippen LogP contribution in [0.5, 0.6) is 0 Å². The van der Waals surface area contributed by atoms with E-state index in [-0.39, 0.29) is 5.91 Å². The fourth-order valence-corrected chi connectivity index (χ4v) is 2.31. The SMILES string of the molecule is CN=C(NCCC(=O)Nc1ccc(Br)cc1)NCc1nc(C)c(C)o1. The zero-order valence-corrected chi connectivity index (χ0v) is 16.1. The molecule has 0 fully saturated rings. The van der Waals surface area contributed by atoms with Crippen molar-refractivity contribution in [1.29, 1.82) is 0 Å². The standard InChI is InChI=1S/C17H22BrN5O2/c1-11-12(2)25-16(22-11)10-21-17(19-3)20-9-8-15(24)23-14-6-4-13(18)5-7-14/h4-7H,8-10H2,1-3H3,(H,23,24)(H2,19,20,21). The molecule has 0 saturated carbocycles. The van der Waals surface area contributed by atoms with Crippen molar-refractivity contribution in [3.8, 4) is 0 Å². The summed E-state index contributed by atoms with van der Waals surface area (Å²) in [6.45, 7) is 4.67. The van der Waals surface area contributed by atoms with Gasteiger partial charge in [0, 0.05) is 30.2 Å². The molecule has 2 aromatic rings. The van der Waals surface area contributed by atoms with E-state index < -0.39 is 0 Å². The van der Waals surface area contributed by atoms with Gasteiger partial charge in [-0.25, -0.2) is 4.98 Å². The third kappa shape index (κ3) is 6.22. The fraction of sp³-hybridized carbons (Fsp3) is 0.353.